The van der Waals surface area contributed by atoms with Crippen molar-refractivity contribution in [2.75, 3.05) is 24.7 Å². The summed E-state index contributed by atoms with van der Waals surface area (Å²) in [4.78, 5) is 11.5. The van der Waals surface area contributed by atoms with Crippen molar-refractivity contribution in [2.45, 2.75) is 6.42 Å². The van der Waals surface area contributed by atoms with Gasteiger partial charge in [-0.2, -0.15) is 11.3 Å². The van der Waals surface area contributed by atoms with E-state index in [1.807, 2.05) is 6.07 Å². The first-order valence-electron chi connectivity index (χ1n) is 5.93. The van der Waals surface area contributed by atoms with Gasteiger partial charge >= 0.3 is 5.97 Å². The molecule has 0 bridgehead atoms. The molecule has 0 spiro atoms. The standard InChI is InChI=1S/C14H16N2O2S/c1-18-14(17)12-8-11(2-3-13(12)15)16-6-4-10-5-7-19-9-10/h2-3,5,7-9,16H,4,6,15H2,1H3. The van der Waals surface area contributed by atoms with E-state index in [9.17, 15) is 4.79 Å². The van der Waals surface area contributed by atoms with Gasteiger partial charge in [-0.1, -0.05) is 0 Å². The fourth-order valence-corrected chi connectivity index (χ4v) is 2.44. The van der Waals surface area contributed by atoms with E-state index >= 15 is 0 Å². The number of hydrogen-bond donors (Lipinski definition) is 2. The van der Waals surface area contributed by atoms with Crippen molar-refractivity contribution in [1.82, 2.24) is 0 Å². The molecule has 3 N–H and O–H groups in total. The average molecular weight is 276 g/mol. The lowest BCUT2D eigenvalue weighted by molar-refractivity contribution is 0.0602. The van der Waals surface area contributed by atoms with Crippen molar-refractivity contribution >= 4 is 28.7 Å². The van der Waals surface area contributed by atoms with E-state index in [2.05, 4.69) is 22.1 Å². The van der Waals surface area contributed by atoms with E-state index in [0.717, 1.165) is 18.7 Å². The number of anilines is 2. The summed E-state index contributed by atoms with van der Waals surface area (Å²) in [5.74, 6) is -0.418. The first-order valence-corrected chi connectivity index (χ1v) is 6.88. The highest BCUT2D eigenvalue weighted by atomic mass is 32.1. The molecular weight excluding hydrogens is 260 g/mol. The van der Waals surface area contributed by atoms with Crippen LogP contribution in [0.5, 0.6) is 0 Å². The Hall–Kier alpha value is -2.01. The predicted molar refractivity (Wildman–Crippen MR) is 78.7 cm³/mol. The number of methoxy groups -OCH3 is 1. The Balaban J connectivity index is 1.99. The maximum absolute atomic E-state index is 11.5. The summed E-state index contributed by atoms with van der Waals surface area (Å²) in [6.07, 6.45) is 0.946. The van der Waals surface area contributed by atoms with Gasteiger partial charge in [0.25, 0.3) is 0 Å². The van der Waals surface area contributed by atoms with Crippen LogP contribution < -0.4 is 11.1 Å². The van der Waals surface area contributed by atoms with E-state index < -0.39 is 5.97 Å². The van der Waals surface area contributed by atoms with Crippen molar-refractivity contribution in [3.63, 3.8) is 0 Å². The van der Waals surface area contributed by atoms with Gasteiger partial charge in [-0.25, -0.2) is 4.79 Å². The molecule has 0 aliphatic rings. The summed E-state index contributed by atoms with van der Waals surface area (Å²) < 4.78 is 4.69. The first-order chi connectivity index (χ1) is 9.20. The lowest BCUT2D eigenvalue weighted by Gasteiger charge is -2.09. The number of hydrogen-bond acceptors (Lipinski definition) is 5. The molecule has 0 aliphatic carbocycles. The zero-order chi connectivity index (χ0) is 13.7. The second kappa shape index (κ2) is 6.24. The second-order valence-corrected chi connectivity index (χ2v) is 4.88. The molecule has 0 radical (unpaired) electrons. The van der Waals surface area contributed by atoms with E-state index in [4.69, 9.17) is 10.5 Å². The largest absolute Gasteiger partial charge is 0.465 e. The van der Waals surface area contributed by atoms with E-state index in [1.54, 1.807) is 23.5 Å². The maximum atomic E-state index is 11.5. The summed E-state index contributed by atoms with van der Waals surface area (Å²) in [7, 11) is 1.35. The molecule has 0 aliphatic heterocycles. The molecule has 2 aromatic rings. The van der Waals surface area contributed by atoms with Gasteiger partial charge in [0.1, 0.15) is 0 Å². The number of carbonyl (C=O) groups is 1. The molecule has 0 amide bonds. The average Bonchev–Trinajstić information content (AvgIpc) is 2.93. The summed E-state index contributed by atoms with van der Waals surface area (Å²) in [6, 6.07) is 7.39. The van der Waals surface area contributed by atoms with Crippen LogP contribution in [0.3, 0.4) is 0 Å². The van der Waals surface area contributed by atoms with Crippen LogP contribution in [-0.4, -0.2) is 19.6 Å². The number of nitrogen functional groups attached to an aromatic ring is 1. The van der Waals surface area contributed by atoms with Crippen molar-refractivity contribution in [2.24, 2.45) is 0 Å². The maximum Gasteiger partial charge on any atom is 0.340 e. The SMILES string of the molecule is COC(=O)c1cc(NCCc2ccsc2)ccc1N. The van der Waals surface area contributed by atoms with Crippen LogP contribution in [0.2, 0.25) is 0 Å². The molecule has 4 nitrogen and oxygen atoms in total. The Bertz CT molecular complexity index is 553. The number of ether oxygens (including phenoxy) is 1. The Labute approximate surface area is 116 Å². The monoisotopic (exact) mass is 276 g/mol. The van der Waals surface area contributed by atoms with Crippen LogP contribution in [-0.2, 0) is 11.2 Å². The van der Waals surface area contributed by atoms with Crippen LogP contribution in [0, 0.1) is 0 Å². The minimum atomic E-state index is -0.418. The molecule has 1 aromatic carbocycles. The zero-order valence-corrected chi connectivity index (χ0v) is 11.5. The Morgan fingerprint density at radius 3 is 2.95 bits per heavy atom. The molecular formula is C14H16N2O2S. The summed E-state index contributed by atoms with van der Waals surface area (Å²) >= 11 is 1.69. The molecule has 0 saturated carbocycles. The van der Waals surface area contributed by atoms with E-state index in [0.29, 0.717) is 11.3 Å². The van der Waals surface area contributed by atoms with Crippen molar-refractivity contribution in [1.29, 1.82) is 0 Å². The molecule has 1 aromatic heterocycles. The van der Waals surface area contributed by atoms with Crippen LogP contribution >= 0.6 is 11.3 Å². The van der Waals surface area contributed by atoms with Crippen LogP contribution in [0.15, 0.2) is 35.0 Å². The van der Waals surface area contributed by atoms with Crippen LogP contribution in [0.1, 0.15) is 15.9 Å². The molecule has 5 heteroatoms. The summed E-state index contributed by atoms with van der Waals surface area (Å²) in [5, 5.41) is 7.46. The number of benzene rings is 1. The zero-order valence-electron chi connectivity index (χ0n) is 10.7. The van der Waals surface area contributed by atoms with Crippen molar-refractivity contribution in [3.8, 4) is 0 Å². The number of esters is 1. The van der Waals surface area contributed by atoms with Gasteiger partial charge in [-0.3, -0.25) is 0 Å². The smallest absolute Gasteiger partial charge is 0.340 e. The summed E-state index contributed by atoms with van der Waals surface area (Å²) in [6.45, 7) is 0.807. The molecule has 19 heavy (non-hydrogen) atoms. The third-order valence-electron chi connectivity index (χ3n) is 2.78. The number of carbonyl (C=O) groups excluding carboxylic acids is 1. The minimum Gasteiger partial charge on any atom is -0.465 e. The van der Waals surface area contributed by atoms with E-state index in [-0.39, 0.29) is 0 Å². The molecule has 0 saturated heterocycles. The van der Waals surface area contributed by atoms with Crippen molar-refractivity contribution in [3.05, 3.63) is 46.2 Å². The van der Waals surface area contributed by atoms with E-state index in [1.165, 1.54) is 12.7 Å². The van der Waals surface area contributed by atoms with Gasteiger partial charge in [-0.15, -0.1) is 0 Å². The Morgan fingerprint density at radius 2 is 2.26 bits per heavy atom. The number of nitrogens with one attached hydrogen (secondary N) is 1. The lowest BCUT2D eigenvalue weighted by Crippen LogP contribution is -2.08. The van der Waals surface area contributed by atoms with Gasteiger partial charge in [0.2, 0.25) is 0 Å². The highest BCUT2D eigenvalue weighted by Gasteiger charge is 2.10. The minimum absolute atomic E-state index is 0.392. The van der Waals surface area contributed by atoms with Crippen LogP contribution in [0.4, 0.5) is 11.4 Å². The number of rotatable bonds is 5. The predicted octanol–water partition coefficient (Wildman–Crippen LogP) is 2.77. The third-order valence-corrected chi connectivity index (χ3v) is 3.51. The fraction of sp³-hybridized carbons (Fsp3) is 0.214. The van der Waals surface area contributed by atoms with Gasteiger partial charge in [0.15, 0.2) is 0 Å². The van der Waals surface area contributed by atoms with Crippen LogP contribution in [0.25, 0.3) is 0 Å². The molecule has 2 rings (SSSR count). The number of thiophene rings is 1. The quantitative estimate of drug-likeness (QED) is 0.651. The first kappa shape index (κ1) is 13.4. The fourth-order valence-electron chi connectivity index (χ4n) is 1.74. The Kier molecular flexibility index (Phi) is 4.41. The second-order valence-electron chi connectivity index (χ2n) is 4.10. The normalized spacial score (nSPS) is 10.2. The van der Waals surface area contributed by atoms with Gasteiger partial charge in [0.05, 0.1) is 12.7 Å². The lowest BCUT2D eigenvalue weighted by atomic mass is 10.1. The number of nitrogens with two attached hydrogens (primary N) is 1. The molecule has 0 atom stereocenters. The molecule has 0 unspecified atom stereocenters. The molecule has 0 fully saturated rings. The Morgan fingerprint density at radius 1 is 1.42 bits per heavy atom. The van der Waals surface area contributed by atoms with Crippen molar-refractivity contribution < 1.29 is 9.53 Å². The van der Waals surface area contributed by atoms with Gasteiger partial charge in [-0.05, 0) is 47.0 Å². The van der Waals surface area contributed by atoms with Gasteiger partial charge in [0, 0.05) is 17.9 Å². The highest BCUT2D eigenvalue weighted by Crippen LogP contribution is 2.19. The van der Waals surface area contributed by atoms with Gasteiger partial charge < -0.3 is 15.8 Å². The molecule has 1 heterocycles. The summed E-state index contributed by atoms with van der Waals surface area (Å²) in [5.41, 5.74) is 8.73. The topological polar surface area (TPSA) is 64.3 Å². The highest BCUT2D eigenvalue weighted by molar-refractivity contribution is 7.07. The third kappa shape index (κ3) is 3.48. The molecule has 100 valence electrons.